The van der Waals surface area contributed by atoms with Crippen LogP contribution in [-0.2, 0) is 11.2 Å². The highest BCUT2D eigenvalue weighted by Gasteiger charge is 2.25. The fraction of sp³-hybridized carbons (Fsp3) is 0.409. The van der Waals surface area contributed by atoms with Crippen LogP contribution in [0.5, 0.6) is 0 Å². The lowest BCUT2D eigenvalue weighted by Gasteiger charge is -2.29. The maximum atomic E-state index is 11.7. The predicted molar refractivity (Wildman–Crippen MR) is 121 cm³/mol. The van der Waals surface area contributed by atoms with E-state index in [1.165, 1.54) is 0 Å². The Morgan fingerprint density at radius 2 is 1.97 bits per heavy atom. The minimum absolute atomic E-state index is 0.346. The van der Waals surface area contributed by atoms with E-state index in [9.17, 15) is 9.59 Å². The van der Waals surface area contributed by atoms with Gasteiger partial charge < -0.3 is 10.6 Å². The second kappa shape index (κ2) is 10.5. The van der Waals surface area contributed by atoms with Crippen molar-refractivity contribution in [2.24, 2.45) is 5.92 Å². The van der Waals surface area contributed by atoms with E-state index in [0.717, 1.165) is 62.6 Å². The highest BCUT2D eigenvalue weighted by molar-refractivity contribution is 8.18. The summed E-state index contributed by atoms with van der Waals surface area (Å²) in [7, 11) is 0. The number of nitrogens with one attached hydrogen (secondary N) is 3. The summed E-state index contributed by atoms with van der Waals surface area (Å²) >= 11 is 0.888. The zero-order chi connectivity index (χ0) is 21.5. The average molecular weight is 439 g/mol. The maximum absolute atomic E-state index is 11.7. The van der Waals surface area contributed by atoms with Crippen LogP contribution in [0, 0.1) is 5.92 Å². The molecule has 3 heterocycles. The number of imide groups is 1. The third kappa shape index (κ3) is 6.35. The van der Waals surface area contributed by atoms with Crippen LogP contribution in [0.15, 0.2) is 41.6 Å². The lowest BCUT2D eigenvalue weighted by molar-refractivity contribution is -0.115. The van der Waals surface area contributed by atoms with Crippen LogP contribution >= 0.6 is 11.8 Å². The molecule has 4 rings (SSSR count). The molecule has 0 radical (unpaired) electrons. The van der Waals surface area contributed by atoms with E-state index in [4.69, 9.17) is 0 Å². The molecular weight excluding hydrogens is 412 g/mol. The van der Waals surface area contributed by atoms with Gasteiger partial charge >= 0.3 is 0 Å². The number of thioether (sulfide) groups is 1. The number of hydrogen-bond donors (Lipinski definition) is 3. The van der Waals surface area contributed by atoms with E-state index in [1.807, 2.05) is 18.3 Å². The van der Waals surface area contributed by atoms with Gasteiger partial charge in [0.25, 0.3) is 11.1 Å². The van der Waals surface area contributed by atoms with Crippen LogP contribution in [0.1, 0.15) is 37.1 Å². The molecule has 2 aliphatic rings. The number of hydrogen-bond acceptors (Lipinski definition) is 8. The highest BCUT2D eigenvalue weighted by Crippen LogP contribution is 2.27. The van der Waals surface area contributed by atoms with E-state index < -0.39 is 0 Å². The van der Waals surface area contributed by atoms with Gasteiger partial charge in [-0.1, -0.05) is 6.07 Å². The second-order valence-corrected chi connectivity index (χ2v) is 8.81. The molecule has 2 aromatic heterocycles. The number of rotatable bonds is 8. The standard InChI is InChI=1S/C22H26N6O2S/c29-20-19(31-22(30)28-20)13-18-9-12-25-21(27-18)26-17-6-4-15(5-7-17)14-23-11-8-16-3-1-2-10-24-16/h1-3,9-10,12-13,15,17,23H,4-8,11,14H2,(H,25,26,27)(H,28,29,30). The fourth-order valence-corrected chi connectivity index (χ4v) is 4.51. The molecule has 162 valence electrons. The minimum Gasteiger partial charge on any atom is -0.351 e. The third-order valence-corrected chi connectivity index (χ3v) is 6.31. The molecule has 2 fully saturated rings. The lowest BCUT2D eigenvalue weighted by Crippen LogP contribution is -2.32. The fourth-order valence-electron chi connectivity index (χ4n) is 3.84. The largest absolute Gasteiger partial charge is 0.351 e. The molecule has 9 heteroatoms. The van der Waals surface area contributed by atoms with Crippen molar-refractivity contribution in [3.63, 3.8) is 0 Å². The van der Waals surface area contributed by atoms with Crippen molar-refractivity contribution in [2.75, 3.05) is 18.4 Å². The quantitative estimate of drug-likeness (QED) is 0.426. The molecule has 1 saturated heterocycles. The van der Waals surface area contributed by atoms with Gasteiger partial charge in [0.15, 0.2) is 0 Å². The number of nitrogens with zero attached hydrogens (tertiary/aromatic N) is 3. The summed E-state index contributed by atoms with van der Waals surface area (Å²) in [5.41, 5.74) is 1.73. The lowest BCUT2D eigenvalue weighted by atomic mass is 9.86. The highest BCUT2D eigenvalue weighted by atomic mass is 32.2. The van der Waals surface area contributed by atoms with Gasteiger partial charge in [-0.3, -0.25) is 19.9 Å². The number of anilines is 1. The normalized spacial score (nSPS) is 22.5. The van der Waals surface area contributed by atoms with Gasteiger partial charge in [-0.05, 0) is 74.2 Å². The van der Waals surface area contributed by atoms with E-state index in [1.54, 1.807) is 18.3 Å². The summed E-state index contributed by atoms with van der Waals surface area (Å²) in [4.78, 5) is 36.5. The second-order valence-electron chi connectivity index (χ2n) is 7.79. The van der Waals surface area contributed by atoms with Crippen LogP contribution in [0.2, 0.25) is 0 Å². The molecule has 0 unspecified atom stereocenters. The molecule has 1 aliphatic carbocycles. The number of carbonyl (C=O) groups excluding carboxylic acids is 2. The Bertz CT molecular complexity index is 944. The van der Waals surface area contributed by atoms with Gasteiger partial charge in [-0.15, -0.1) is 0 Å². The van der Waals surface area contributed by atoms with Crippen molar-refractivity contribution in [2.45, 2.75) is 38.1 Å². The Morgan fingerprint density at radius 3 is 2.71 bits per heavy atom. The summed E-state index contributed by atoms with van der Waals surface area (Å²) in [5.74, 6) is 0.866. The molecule has 3 N–H and O–H groups in total. The molecule has 0 atom stereocenters. The number of pyridine rings is 1. The van der Waals surface area contributed by atoms with Crippen LogP contribution < -0.4 is 16.0 Å². The third-order valence-electron chi connectivity index (χ3n) is 5.50. The number of carbonyl (C=O) groups is 2. The van der Waals surface area contributed by atoms with Crippen molar-refractivity contribution in [3.8, 4) is 0 Å². The van der Waals surface area contributed by atoms with Crippen molar-refractivity contribution >= 4 is 34.9 Å². The van der Waals surface area contributed by atoms with Crippen molar-refractivity contribution < 1.29 is 9.59 Å². The van der Waals surface area contributed by atoms with Gasteiger partial charge in [0.2, 0.25) is 5.95 Å². The summed E-state index contributed by atoms with van der Waals surface area (Å²) < 4.78 is 0. The molecule has 2 amide bonds. The molecule has 0 spiro atoms. The summed E-state index contributed by atoms with van der Waals surface area (Å²) in [6, 6.07) is 8.10. The summed E-state index contributed by atoms with van der Waals surface area (Å²) in [5, 5.41) is 8.88. The first-order valence-electron chi connectivity index (χ1n) is 10.6. The molecule has 2 aromatic rings. The Balaban J connectivity index is 1.20. The van der Waals surface area contributed by atoms with E-state index in [2.05, 4.69) is 37.0 Å². The molecule has 1 aliphatic heterocycles. The maximum Gasteiger partial charge on any atom is 0.290 e. The van der Waals surface area contributed by atoms with Gasteiger partial charge in [-0.2, -0.15) is 0 Å². The Labute approximate surface area is 185 Å². The zero-order valence-electron chi connectivity index (χ0n) is 17.2. The Hall–Kier alpha value is -2.78. The van der Waals surface area contributed by atoms with Crippen molar-refractivity contribution in [1.82, 2.24) is 25.6 Å². The number of aromatic nitrogens is 3. The summed E-state index contributed by atoms with van der Waals surface area (Å²) in [6.07, 6.45) is 10.6. The number of amides is 2. The smallest absolute Gasteiger partial charge is 0.290 e. The molecule has 0 aromatic carbocycles. The predicted octanol–water partition coefficient (Wildman–Crippen LogP) is 3.00. The van der Waals surface area contributed by atoms with Gasteiger partial charge in [0, 0.05) is 37.1 Å². The van der Waals surface area contributed by atoms with Crippen molar-refractivity contribution in [1.29, 1.82) is 0 Å². The first-order chi connectivity index (χ1) is 15.2. The van der Waals surface area contributed by atoms with E-state index in [0.29, 0.717) is 28.5 Å². The first kappa shape index (κ1) is 21.5. The minimum atomic E-state index is -0.380. The Morgan fingerprint density at radius 1 is 1.10 bits per heavy atom. The van der Waals surface area contributed by atoms with Crippen LogP contribution in [0.3, 0.4) is 0 Å². The average Bonchev–Trinajstić information content (AvgIpc) is 3.10. The van der Waals surface area contributed by atoms with Crippen LogP contribution in [0.25, 0.3) is 6.08 Å². The molecule has 31 heavy (non-hydrogen) atoms. The van der Waals surface area contributed by atoms with E-state index >= 15 is 0 Å². The SMILES string of the molecule is O=C1NC(=O)C(=Cc2ccnc(NC3CCC(CNCCc4ccccn4)CC3)n2)S1. The van der Waals surface area contributed by atoms with Crippen molar-refractivity contribution in [3.05, 3.63) is 53.0 Å². The first-order valence-corrected chi connectivity index (χ1v) is 11.4. The molecular formula is C22H26N6O2S. The van der Waals surface area contributed by atoms with Gasteiger partial charge in [0.05, 0.1) is 10.6 Å². The molecule has 1 saturated carbocycles. The topological polar surface area (TPSA) is 109 Å². The Kier molecular flexibility index (Phi) is 7.26. The van der Waals surface area contributed by atoms with E-state index in [-0.39, 0.29) is 11.1 Å². The van der Waals surface area contributed by atoms with Crippen LogP contribution in [-0.4, -0.2) is 45.2 Å². The van der Waals surface area contributed by atoms with Gasteiger partial charge in [0.1, 0.15) is 0 Å². The molecule has 0 bridgehead atoms. The van der Waals surface area contributed by atoms with Crippen LogP contribution in [0.4, 0.5) is 10.7 Å². The zero-order valence-corrected chi connectivity index (χ0v) is 18.0. The summed E-state index contributed by atoms with van der Waals surface area (Å²) in [6.45, 7) is 1.99. The molecule has 8 nitrogen and oxygen atoms in total. The monoisotopic (exact) mass is 438 g/mol. The van der Waals surface area contributed by atoms with Gasteiger partial charge in [-0.25, -0.2) is 9.97 Å².